The van der Waals surface area contributed by atoms with E-state index in [4.69, 9.17) is 0 Å². The zero-order valence-electron chi connectivity index (χ0n) is 15.4. The molecular formula is C22H33F2P. The molecule has 0 aromatic rings. The molecule has 3 saturated carbocycles. The summed E-state index contributed by atoms with van der Waals surface area (Å²) in [5.74, 6) is 3.98. The van der Waals surface area contributed by atoms with Gasteiger partial charge < -0.3 is 0 Å². The van der Waals surface area contributed by atoms with Crippen LogP contribution < -0.4 is 0 Å². The summed E-state index contributed by atoms with van der Waals surface area (Å²) in [5.41, 5.74) is 3.35. The van der Waals surface area contributed by atoms with Crippen molar-refractivity contribution in [1.29, 1.82) is 0 Å². The summed E-state index contributed by atoms with van der Waals surface area (Å²) in [7, 11) is -2.76. The molecule has 0 heterocycles. The lowest BCUT2D eigenvalue weighted by Gasteiger charge is -2.55. The predicted molar refractivity (Wildman–Crippen MR) is 101 cm³/mol. The summed E-state index contributed by atoms with van der Waals surface area (Å²) in [6.07, 6.45) is 16.4. The molecule has 0 spiro atoms. The van der Waals surface area contributed by atoms with E-state index in [2.05, 4.69) is 0 Å². The Labute approximate surface area is 153 Å². The van der Waals surface area contributed by atoms with Gasteiger partial charge in [0.1, 0.15) is 0 Å². The molecule has 7 atom stereocenters. The molecule has 25 heavy (non-hydrogen) atoms. The van der Waals surface area contributed by atoms with E-state index in [0.717, 1.165) is 30.6 Å². The van der Waals surface area contributed by atoms with Gasteiger partial charge in [-0.05, 0) is 93.3 Å². The lowest BCUT2D eigenvalue weighted by molar-refractivity contribution is 0.00499. The van der Waals surface area contributed by atoms with Crippen molar-refractivity contribution in [3.8, 4) is 0 Å². The van der Waals surface area contributed by atoms with E-state index in [1.165, 1.54) is 70.6 Å². The summed E-state index contributed by atoms with van der Waals surface area (Å²) < 4.78 is 28.2. The van der Waals surface area contributed by atoms with Gasteiger partial charge in [0.05, 0.1) is 0 Å². The minimum Gasteiger partial charge on any atom is -0.188 e. The van der Waals surface area contributed by atoms with E-state index in [1.807, 2.05) is 0 Å². The van der Waals surface area contributed by atoms with E-state index >= 15 is 0 Å². The molecule has 5 aliphatic rings. The topological polar surface area (TPSA) is 0 Å². The second-order valence-corrected chi connectivity index (χ2v) is 10.9. The Balaban J connectivity index is 1.45. The van der Waals surface area contributed by atoms with Gasteiger partial charge in [-0.25, -0.2) is 0 Å². The molecule has 7 unspecified atom stereocenters. The van der Waals surface area contributed by atoms with Crippen LogP contribution in [0.5, 0.6) is 0 Å². The minimum absolute atomic E-state index is 0.227. The first kappa shape index (κ1) is 17.2. The highest BCUT2D eigenvalue weighted by Gasteiger charge is 2.52. The highest BCUT2D eigenvalue weighted by Crippen LogP contribution is 2.63. The van der Waals surface area contributed by atoms with Crippen molar-refractivity contribution >= 4 is 8.54 Å². The Hall–Kier alpha value is 0.0300. The SMILES string of the molecule is FP(F)C1CCC2CCCCC2C1C1CCCC2C3=C(CC3)CCC21. The Morgan fingerprint density at radius 2 is 1.52 bits per heavy atom. The Kier molecular flexibility index (Phi) is 4.72. The summed E-state index contributed by atoms with van der Waals surface area (Å²) >= 11 is 0. The molecule has 3 heteroatoms. The predicted octanol–water partition coefficient (Wildman–Crippen LogP) is 7.74. The van der Waals surface area contributed by atoms with Gasteiger partial charge in [-0.15, -0.1) is 0 Å². The molecule has 0 saturated heterocycles. The van der Waals surface area contributed by atoms with Crippen molar-refractivity contribution in [3.05, 3.63) is 11.1 Å². The quantitative estimate of drug-likeness (QED) is 0.346. The Morgan fingerprint density at radius 3 is 2.32 bits per heavy atom. The molecule has 0 amide bonds. The van der Waals surface area contributed by atoms with E-state index < -0.39 is 8.54 Å². The van der Waals surface area contributed by atoms with Crippen LogP contribution in [0.25, 0.3) is 0 Å². The fourth-order valence-corrected chi connectivity index (χ4v) is 8.99. The normalized spacial score (nSPS) is 46.9. The van der Waals surface area contributed by atoms with Crippen molar-refractivity contribution < 1.29 is 8.39 Å². The number of allylic oxidation sites excluding steroid dienone is 2. The molecule has 0 aromatic heterocycles. The first-order valence-electron chi connectivity index (χ1n) is 11.1. The largest absolute Gasteiger partial charge is 0.269 e. The van der Waals surface area contributed by atoms with Crippen LogP contribution in [0.15, 0.2) is 11.1 Å². The average Bonchev–Trinajstić information content (AvgIpc) is 2.60. The zero-order chi connectivity index (χ0) is 17.0. The monoisotopic (exact) mass is 366 g/mol. The summed E-state index contributed by atoms with van der Waals surface area (Å²) in [6, 6.07) is 0. The molecule has 5 aliphatic carbocycles. The van der Waals surface area contributed by atoms with Crippen LogP contribution in [0.3, 0.4) is 0 Å². The minimum atomic E-state index is -2.76. The van der Waals surface area contributed by atoms with Crippen LogP contribution in [0.4, 0.5) is 8.39 Å². The second kappa shape index (κ2) is 6.88. The maximum absolute atomic E-state index is 14.1. The third-order valence-electron chi connectivity index (χ3n) is 8.98. The van der Waals surface area contributed by atoms with Crippen molar-refractivity contribution in [2.45, 2.75) is 89.1 Å². The zero-order valence-corrected chi connectivity index (χ0v) is 16.3. The highest BCUT2D eigenvalue weighted by atomic mass is 31.2. The first-order chi connectivity index (χ1) is 12.2. The lowest BCUT2D eigenvalue weighted by Crippen LogP contribution is -2.48. The summed E-state index contributed by atoms with van der Waals surface area (Å²) in [6.45, 7) is 0. The van der Waals surface area contributed by atoms with Gasteiger partial charge in [0.15, 0.2) is 0 Å². The average molecular weight is 366 g/mol. The van der Waals surface area contributed by atoms with Crippen molar-refractivity contribution in [1.82, 2.24) is 0 Å². The standard InChI is InChI=1S/C22H33F2P/c23-25(24)21-13-10-14-4-1-2-5-17(14)22(21)20-7-3-6-18-16-11-8-15(16)9-12-19(18)20/h14,17-22H,1-13H2. The van der Waals surface area contributed by atoms with Crippen LogP contribution in [-0.2, 0) is 0 Å². The van der Waals surface area contributed by atoms with Crippen LogP contribution in [0.2, 0.25) is 0 Å². The van der Waals surface area contributed by atoms with Crippen LogP contribution >= 0.6 is 8.54 Å². The van der Waals surface area contributed by atoms with Crippen LogP contribution in [0.1, 0.15) is 83.5 Å². The van der Waals surface area contributed by atoms with Gasteiger partial charge in [-0.2, -0.15) is 8.39 Å². The Morgan fingerprint density at radius 1 is 0.680 bits per heavy atom. The molecule has 0 N–H and O–H groups in total. The third-order valence-corrected chi connectivity index (χ3v) is 10.1. The molecule has 140 valence electrons. The van der Waals surface area contributed by atoms with Crippen LogP contribution in [-0.4, -0.2) is 5.66 Å². The van der Waals surface area contributed by atoms with Crippen molar-refractivity contribution in [2.75, 3.05) is 0 Å². The molecular weight excluding hydrogens is 333 g/mol. The maximum atomic E-state index is 14.1. The summed E-state index contributed by atoms with van der Waals surface area (Å²) in [4.78, 5) is 0. The van der Waals surface area contributed by atoms with E-state index in [0.29, 0.717) is 17.8 Å². The first-order valence-corrected chi connectivity index (χ1v) is 12.2. The number of hydrogen-bond donors (Lipinski definition) is 0. The van der Waals surface area contributed by atoms with E-state index in [1.54, 1.807) is 11.1 Å². The second-order valence-electron chi connectivity index (χ2n) is 9.72. The van der Waals surface area contributed by atoms with Gasteiger partial charge in [0, 0.05) is 5.66 Å². The van der Waals surface area contributed by atoms with Gasteiger partial charge in [-0.1, -0.05) is 36.8 Å². The fraction of sp³-hybridized carbons (Fsp3) is 0.909. The summed E-state index contributed by atoms with van der Waals surface area (Å²) in [5, 5.41) is 0. The molecule has 0 nitrogen and oxygen atoms in total. The number of hydrogen-bond acceptors (Lipinski definition) is 0. The van der Waals surface area contributed by atoms with Gasteiger partial charge in [-0.3, -0.25) is 0 Å². The van der Waals surface area contributed by atoms with Crippen LogP contribution in [0, 0.1) is 35.5 Å². The molecule has 0 radical (unpaired) electrons. The molecule has 0 aromatic carbocycles. The van der Waals surface area contributed by atoms with Crippen molar-refractivity contribution in [2.24, 2.45) is 35.5 Å². The molecule has 3 fully saturated rings. The number of fused-ring (bicyclic) bond motifs is 3. The fourth-order valence-electron chi connectivity index (χ4n) is 7.94. The molecule has 0 aliphatic heterocycles. The smallest absolute Gasteiger partial charge is 0.188 e. The van der Waals surface area contributed by atoms with Gasteiger partial charge in [0.25, 0.3) is 8.54 Å². The third kappa shape index (κ3) is 2.84. The molecule has 5 rings (SSSR count). The van der Waals surface area contributed by atoms with Crippen molar-refractivity contribution in [3.63, 3.8) is 0 Å². The number of halogens is 2. The van der Waals surface area contributed by atoms with Gasteiger partial charge >= 0.3 is 0 Å². The maximum Gasteiger partial charge on any atom is 0.269 e. The van der Waals surface area contributed by atoms with E-state index in [9.17, 15) is 8.39 Å². The highest BCUT2D eigenvalue weighted by molar-refractivity contribution is 7.47. The Bertz CT molecular complexity index is 542. The lowest BCUT2D eigenvalue weighted by atomic mass is 9.52. The number of rotatable bonds is 2. The molecule has 0 bridgehead atoms. The van der Waals surface area contributed by atoms with E-state index in [-0.39, 0.29) is 5.66 Å². The van der Waals surface area contributed by atoms with Gasteiger partial charge in [0.2, 0.25) is 0 Å².